The first-order chi connectivity index (χ1) is 7.27. The Morgan fingerprint density at radius 2 is 1.94 bits per heavy atom. The fourth-order valence-corrected chi connectivity index (χ4v) is 1.36. The van der Waals surface area contributed by atoms with Crippen LogP contribution in [0.2, 0.25) is 5.02 Å². The monoisotopic (exact) mass is 261 g/mol. The molecule has 0 amide bonds. The summed E-state index contributed by atoms with van der Waals surface area (Å²) in [5.74, 6) is 0. The van der Waals surface area contributed by atoms with Gasteiger partial charge in [0.1, 0.15) is 5.69 Å². The maximum atomic E-state index is 12.4. The molecule has 0 atom stereocenters. The molecule has 90 valence electrons. The lowest BCUT2D eigenvalue weighted by Crippen LogP contribution is -2.12. The van der Waals surface area contributed by atoms with Crippen LogP contribution in [-0.4, -0.2) is 10.1 Å². The Hall–Kier alpha value is -0.950. The van der Waals surface area contributed by atoms with Gasteiger partial charge < -0.3 is 5.11 Å². The first kappa shape index (κ1) is 13.1. The average Bonchev–Trinajstić information content (AvgIpc) is 2.14. The van der Waals surface area contributed by atoms with Crippen LogP contribution in [0, 0.1) is 0 Å². The zero-order valence-electron chi connectivity index (χ0n) is 7.52. The van der Waals surface area contributed by atoms with Crippen molar-refractivity contribution in [3.05, 3.63) is 28.0 Å². The molecule has 0 radical (unpaired) electrons. The lowest BCUT2D eigenvalue weighted by atomic mass is 10.1. The minimum Gasteiger partial charge on any atom is -0.390 e. The van der Waals surface area contributed by atoms with Crippen LogP contribution in [0.4, 0.5) is 22.0 Å². The lowest BCUT2D eigenvalue weighted by Gasteiger charge is -2.12. The molecule has 1 aromatic rings. The highest BCUT2D eigenvalue weighted by Crippen LogP contribution is 2.35. The van der Waals surface area contributed by atoms with E-state index < -0.39 is 41.2 Å². The van der Waals surface area contributed by atoms with Crippen LogP contribution in [-0.2, 0) is 12.8 Å². The number of halogens is 6. The van der Waals surface area contributed by atoms with Crippen LogP contribution < -0.4 is 0 Å². The van der Waals surface area contributed by atoms with Gasteiger partial charge in [0.25, 0.3) is 6.43 Å². The van der Waals surface area contributed by atoms with Crippen molar-refractivity contribution in [1.82, 2.24) is 4.98 Å². The van der Waals surface area contributed by atoms with Crippen LogP contribution >= 0.6 is 11.6 Å². The molecule has 1 rings (SSSR count). The Balaban J connectivity index is 3.38. The van der Waals surface area contributed by atoms with E-state index >= 15 is 0 Å². The molecule has 0 aliphatic heterocycles. The summed E-state index contributed by atoms with van der Waals surface area (Å²) in [5, 5.41) is 7.90. The van der Waals surface area contributed by atoms with Gasteiger partial charge in [0.05, 0.1) is 22.9 Å². The predicted octanol–water partition coefficient (Wildman–Crippen LogP) is 3.18. The van der Waals surface area contributed by atoms with Crippen molar-refractivity contribution in [3.63, 3.8) is 0 Å². The molecule has 16 heavy (non-hydrogen) atoms. The van der Waals surface area contributed by atoms with Gasteiger partial charge >= 0.3 is 6.18 Å². The molecule has 2 nitrogen and oxygen atoms in total. The number of pyridine rings is 1. The SMILES string of the molecule is OCc1nc(C(F)(F)F)cc(Cl)c1C(F)F. The number of hydrogen-bond donors (Lipinski definition) is 1. The van der Waals surface area contributed by atoms with E-state index in [0.29, 0.717) is 6.07 Å². The summed E-state index contributed by atoms with van der Waals surface area (Å²) in [6.45, 7) is -1.04. The number of nitrogens with zero attached hydrogens (tertiary/aromatic N) is 1. The standard InChI is InChI=1S/C8H5ClF5NO/c9-3-1-5(8(12,13)14)15-4(2-16)6(3)7(10)11/h1,7,16H,2H2. The summed E-state index contributed by atoms with van der Waals surface area (Å²) >= 11 is 5.28. The van der Waals surface area contributed by atoms with Crippen LogP contribution in [0.3, 0.4) is 0 Å². The third kappa shape index (κ3) is 2.59. The molecule has 1 N–H and O–H groups in total. The first-order valence-electron chi connectivity index (χ1n) is 3.93. The third-order valence-electron chi connectivity index (χ3n) is 1.75. The van der Waals surface area contributed by atoms with Gasteiger partial charge in [-0.2, -0.15) is 13.2 Å². The van der Waals surface area contributed by atoms with Crippen molar-refractivity contribution < 1.29 is 27.1 Å². The smallest absolute Gasteiger partial charge is 0.390 e. The van der Waals surface area contributed by atoms with E-state index in [1.807, 2.05) is 0 Å². The van der Waals surface area contributed by atoms with Crippen molar-refractivity contribution in [1.29, 1.82) is 0 Å². The summed E-state index contributed by atoms with van der Waals surface area (Å²) < 4.78 is 61.5. The Morgan fingerprint density at radius 3 is 2.31 bits per heavy atom. The Labute approximate surface area is 91.7 Å². The molecule has 0 aromatic carbocycles. The summed E-state index contributed by atoms with van der Waals surface area (Å²) in [6.07, 6.45) is -7.89. The highest BCUT2D eigenvalue weighted by molar-refractivity contribution is 6.31. The van der Waals surface area contributed by atoms with E-state index in [4.69, 9.17) is 16.7 Å². The summed E-state index contributed by atoms with van der Waals surface area (Å²) in [6, 6.07) is 0.308. The molecule has 0 unspecified atom stereocenters. The van der Waals surface area contributed by atoms with Gasteiger partial charge in [-0.05, 0) is 6.07 Å². The van der Waals surface area contributed by atoms with Crippen molar-refractivity contribution in [2.24, 2.45) is 0 Å². The molecule has 0 aliphatic carbocycles. The molecule has 8 heteroatoms. The number of aromatic nitrogens is 1. The second-order valence-electron chi connectivity index (χ2n) is 2.81. The zero-order valence-corrected chi connectivity index (χ0v) is 8.28. The Morgan fingerprint density at radius 1 is 1.38 bits per heavy atom. The van der Waals surface area contributed by atoms with E-state index in [-0.39, 0.29) is 0 Å². The van der Waals surface area contributed by atoms with Crippen molar-refractivity contribution in [3.8, 4) is 0 Å². The van der Waals surface area contributed by atoms with Gasteiger partial charge in [-0.3, -0.25) is 0 Å². The third-order valence-corrected chi connectivity index (χ3v) is 2.06. The van der Waals surface area contributed by atoms with E-state index in [0.717, 1.165) is 0 Å². The van der Waals surface area contributed by atoms with Crippen molar-refractivity contribution in [2.75, 3.05) is 0 Å². The Bertz CT molecular complexity index is 393. The van der Waals surface area contributed by atoms with E-state index in [1.54, 1.807) is 0 Å². The van der Waals surface area contributed by atoms with Crippen LogP contribution in [0.15, 0.2) is 6.07 Å². The molecule has 0 spiro atoms. The Kier molecular flexibility index (Phi) is 3.69. The normalized spacial score (nSPS) is 12.2. The molecule has 0 fully saturated rings. The fraction of sp³-hybridized carbons (Fsp3) is 0.375. The predicted molar refractivity (Wildman–Crippen MR) is 45.1 cm³/mol. The highest BCUT2D eigenvalue weighted by Gasteiger charge is 2.34. The molecule has 1 aromatic heterocycles. The zero-order chi connectivity index (χ0) is 12.5. The molecule has 1 heterocycles. The molecule has 0 saturated carbocycles. The fourth-order valence-electron chi connectivity index (χ4n) is 1.07. The number of rotatable bonds is 2. The van der Waals surface area contributed by atoms with Gasteiger partial charge in [-0.25, -0.2) is 13.8 Å². The summed E-state index contributed by atoms with van der Waals surface area (Å²) in [5.41, 5.74) is -3.06. The van der Waals surface area contributed by atoms with Crippen molar-refractivity contribution in [2.45, 2.75) is 19.2 Å². The van der Waals surface area contributed by atoms with Gasteiger partial charge in [-0.1, -0.05) is 11.6 Å². The molecular formula is C8H5ClF5NO. The van der Waals surface area contributed by atoms with Crippen LogP contribution in [0.1, 0.15) is 23.4 Å². The average molecular weight is 262 g/mol. The molecule has 0 bridgehead atoms. The summed E-state index contributed by atoms with van der Waals surface area (Å²) in [4.78, 5) is 2.91. The highest BCUT2D eigenvalue weighted by atomic mass is 35.5. The van der Waals surface area contributed by atoms with Gasteiger partial charge in [0.15, 0.2) is 0 Å². The maximum Gasteiger partial charge on any atom is 0.433 e. The summed E-state index contributed by atoms with van der Waals surface area (Å²) in [7, 11) is 0. The van der Waals surface area contributed by atoms with E-state index in [2.05, 4.69) is 4.98 Å². The first-order valence-corrected chi connectivity index (χ1v) is 4.30. The second-order valence-corrected chi connectivity index (χ2v) is 3.21. The molecular weight excluding hydrogens is 257 g/mol. The van der Waals surface area contributed by atoms with Gasteiger partial charge in [-0.15, -0.1) is 0 Å². The minimum atomic E-state index is -4.80. The lowest BCUT2D eigenvalue weighted by molar-refractivity contribution is -0.141. The quantitative estimate of drug-likeness (QED) is 0.830. The maximum absolute atomic E-state index is 12.4. The van der Waals surface area contributed by atoms with Gasteiger partial charge in [0.2, 0.25) is 0 Å². The van der Waals surface area contributed by atoms with Crippen LogP contribution in [0.5, 0.6) is 0 Å². The van der Waals surface area contributed by atoms with E-state index in [1.165, 1.54) is 0 Å². The topological polar surface area (TPSA) is 33.1 Å². The van der Waals surface area contributed by atoms with Crippen LogP contribution in [0.25, 0.3) is 0 Å². The second kappa shape index (κ2) is 4.50. The number of aliphatic hydroxyl groups is 1. The minimum absolute atomic E-state index is 0.308. The number of aliphatic hydroxyl groups excluding tert-OH is 1. The number of hydrogen-bond acceptors (Lipinski definition) is 2. The largest absolute Gasteiger partial charge is 0.433 e. The number of alkyl halides is 5. The van der Waals surface area contributed by atoms with E-state index in [9.17, 15) is 22.0 Å². The molecule has 0 aliphatic rings. The van der Waals surface area contributed by atoms with Crippen molar-refractivity contribution >= 4 is 11.6 Å². The molecule has 0 saturated heterocycles. The van der Waals surface area contributed by atoms with Gasteiger partial charge in [0, 0.05) is 0 Å².